The van der Waals surface area contributed by atoms with E-state index in [4.69, 9.17) is 0 Å². The fraction of sp³-hybridized carbons (Fsp3) is 0.115. The van der Waals surface area contributed by atoms with E-state index < -0.39 is 8.07 Å². The minimum Gasteiger partial charge on any atom is -0.310 e. The third-order valence-corrected chi connectivity index (χ3v) is 15.0. The molecule has 306 valence electrons. The van der Waals surface area contributed by atoms with E-state index >= 15 is 0 Å². The van der Waals surface area contributed by atoms with E-state index in [-0.39, 0.29) is 11.8 Å². The van der Waals surface area contributed by atoms with E-state index in [1.54, 1.807) is 0 Å². The molecule has 0 saturated carbocycles. The summed E-state index contributed by atoms with van der Waals surface area (Å²) in [5.74, 6) is 0.245. The van der Waals surface area contributed by atoms with Crippen molar-refractivity contribution in [3.05, 3.63) is 241 Å². The van der Waals surface area contributed by atoms with Crippen molar-refractivity contribution in [1.29, 1.82) is 0 Å². The van der Waals surface area contributed by atoms with Gasteiger partial charge in [-0.25, -0.2) is 0 Å². The SMILES string of the molecule is CC(C)c1cc(C(c2ccccc2)c2ccc([Si](C)(C)C)cc2)c(-c2cccc3c2ccc2ccccc23)c(N(c2ccccc2)c2ccc3ccc(-c4ccccc4)cc3c2)c1. The number of hydrogen-bond donors (Lipinski definition) is 0. The molecule has 10 rings (SSSR count). The van der Waals surface area contributed by atoms with Crippen LogP contribution in [0.2, 0.25) is 19.6 Å². The zero-order valence-electron chi connectivity index (χ0n) is 36.9. The lowest BCUT2D eigenvalue weighted by atomic mass is 9.78. The number of benzene rings is 10. The van der Waals surface area contributed by atoms with E-state index in [1.807, 2.05) is 0 Å². The number of para-hydroxylation sites is 1. The van der Waals surface area contributed by atoms with Gasteiger partial charge in [-0.05, 0) is 114 Å². The zero-order chi connectivity index (χ0) is 43.1. The summed E-state index contributed by atoms with van der Waals surface area (Å²) in [5, 5.41) is 8.92. The topological polar surface area (TPSA) is 3.24 Å². The van der Waals surface area contributed by atoms with Crippen LogP contribution in [0.15, 0.2) is 218 Å². The number of hydrogen-bond acceptors (Lipinski definition) is 1. The fourth-order valence-electron chi connectivity index (χ4n) is 9.52. The zero-order valence-corrected chi connectivity index (χ0v) is 37.9. The lowest BCUT2D eigenvalue weighted by Gasteiger charge is -2.33. The second-order valence-corrected chi connectivity index (χ2v) is 23.4. The summed E-state index contributed by atoms with van der Waals surface area (Å²) in [7, 11) is -1.54. The first-order chi connectivity index (χ1) is 30.7. The molecule has 0 fully saturated rings. The minimum atomic E-state index is -1.54. The van der Waals surface area contributed by atoms with Crippen molar-refractivity contribution in [2.24, 2.45) is 0 Å². The summed E-state index contributed by atoms with van der Waals surface area (Å²) in [5.41, 5.74) is 13.5. The average molecular weight is 828 g/mol. The smallest absolute Gasteiger partial charge is 0.0775 e. The van der Waals surface area contributed by atoms with Gasteiger partial charge >= 0.3 is 0 Å². The molecule has 1 nitrogen and oxygen atoms in total. The molecule has 1 unspecified atom stereocenters. The Labute approximate surface area is 374 Å². The molecular weight excluding hydrogens is 775 g/mol. The molecule has 0 heterocycles. The Balaban J connectivity index is 1.32. The van der Waals surface area contributed by atoms with Gasteiger partial charge in [0.15, 0.2) is 0 Å². The molecule has 0 aliphatic heterocycles. The van der Waals surface area contributed by atoms with Crippen molar-refractivity contribution in [3.8, 4) is 22.3 Å². The van der Waals surface area contributed by atoms with Gasteiger partial charge in [0.25, 0.3) is 0 Å². The number of anilines is 3. The molecule has 0 spiro atoms. The highest BCUT2D eigenvalue weighted by atomic mass is 28.3. The third-order valence-electron chi connectivity index (χ3n) is 12.9. The lowest BCUT2D eigenvalue weighted by Crippen LogP contribution is -2.37. The normalized spacial score (nSPS) is 12.3. The fourth-order valence-corrected chi connectivity index (χ4v) is 10.7. The van der Waals surface area contributed by atoms with Crippen molar-refractivity contribution in [2.75, 3.05) is 4.90 Å². The number of nitrogens with zero attached hydrogens (tertiary/aromatic N) is 1. The van der Waals surface area contributed by atoms with Gasteiger partial charge in [0, 0.05) is 22.9 Å². The predicted molar refractivity (Wildman–Crippen MR) is 275 cm³/mol. The molecule has 0 saturated heterocycles. The Morgan fingerprint density at radius 1 is 0.397 bits per heavy atom. The van der Waals surface area contributed by atoms with Gasteiger partial charge < -0.3 is 4.90 Å². The number of rotatable bonds is 10. The standard InChI is InChI=1S/C61H53NSi/c1-42(2)49-40-58(60(46-21-11-7-12-22-46)47-31-35-53(36-32-47)63(3,4)5)61(57-27-17-26-55-54-25-16-15-20-45(54)33-37-56(55)57)59(41-49)62(51-23-13-8-14-24-51)52-34-30-44-28-29-48(38-50(44)39-52)43-18-9-6-10-19-43/h6-42,60H,1-5H3. The maximum atomic E-state index is 2.53. The second-order valence-electron chi connectivity index (χ2n) is 18.3. The van der Waals surface area contributed by atoms with Crippen molar-refractivity contribution in [2.45, 2.75) is 45.3 Å². The van der Waals surface area contributed by atoms with Gasteiger partial charge in [-0.1, -0.05) is 221 Å². The summed E-state index contributed by atoms with van der Waals surface area (Å²) in [6, 6.07) is 81.7. The summed E-state index contributed by atoms with van der Waals surface area (Å²) in [4.78, 5) is 2.52. The average Bonchev–Trinajstić information content (AvgIpc) is 3.32. The van der Waals surface area contributed by atoms with Crippen LogP contribution in [-0.4, -0.2) is 8.07 Å². The molecule has 0 aliphatic rings. The highest BCUT2D eigenvalue weighted by molar-refractivity contribution is 6.88. The monoisotopic (exact) mass is 827 g/mol. The Hall–Kier alpha value is -7.00. The highest BCUT2D eigenvalue weighted by Gasteiger charge is 2.29. The van der Waals surface area contributed by atoms with Crippen LogP contribution < -0.4 is 10.1 Å². The summed E-state index contributed by atoms with van der Waals surface area (Å²) < 4.78 is 0. The Morgan fingerprint density at radius 3 is 1.76 bits per heavy atom. The van der Waals surface area contributed by atoms with Crippen molar-refractivity contribution < 1.29 is 0 Å². The van der Waals surface area contributed by atoms with Gasteiger partial charge in [0.05, 0.1) is 13.8 Å². The molecule has 0 radical (unpaired) electrons. The molecule has 0 aliphatic carbocycles. The van der Waals surface area contributed by atoms with Crippen LogP contribution in [0.25, 0.3) is 54.6 Å². The van der Waals surface area contributed by atoms with Gasteiger partial charge in [0.2, 0.25) is 0 Å². The quantitative estimate of drug-likeness (QED) is 0.0754. The largest absolute Gasteiger partial charge is 0.310 e. The summed E-state index contributed by atoms with van der Waals surface area (Å²) >= 11 is 0. The summed E-state index contributed by atoms with van der Waals surface area (Å²) in [6.07, 6.45) is 0. The molecule has 1 atom stereocenters. The first-order valence-corrected chi connectivity index (χ1v) is 25.9. The van der Waals surface area contributed by atoms with Gasteiger partial charge in [-0.2, -0.15) is 0 Å². The second kappa shape index (κ2) is 16.7. The molecule has 0 bridgehead atoms. The maximum Gasteiger partial charge on any atom is 0.0775 e. The third kappa shape index (κ3) is 7.77. The molecule has 63 heavy (non-hydrogen) atoms. The molecule has 10 aromatic carbocycles. The highest BCUT2D eigenvalue weighted by Crippen LogP contribution is 2.50. The van der Waals surface area contributed by atoms with Crippen molar-refractivity contribution in [3.63, 3.8) is 0 Å². The molecule has 2 heteroatoms. The van der Waals surface area contributed by atoms with E-state index in [2.05, 4.69) is 257 Å². The van der Waals surface area contributed by atoms with Gasteiger partial charge in [-0.15, -0.1) is 0 Å². The first-order valence-electron chi connectivity index (χ1n) is 22.4. The van der Waals surface area contributed by atoms with Crippen LogP contribution in [0.4, 0.5) is 17.1 Å². The van der Waals surface area contributed by atoms with Gasteiger partial charge in [-0.3, -0.25) is 0 Å². The predicted octanol–water partition coefficient (Wildman–Crippen LogP) is 16.8. The van der Waals surface area contributed by atoms with E-state index in [0.29, 0.717) is 0 Å². The van der Waals surface area contributed by atoms with E-state index in [9.17, 15) is 0 Å². The minimum absolute atomic E-state index is 0.0345. The molecule has 0 aromatic heterocycles. The Bertz CT molecular complexity index is 3220. The molecule has 10 aromatic rings. The first kappa shape index (κ1) is 40.1. The van der Waals surface area contributed by atoms with Gasteiger partial charge in [0.1, 0.15) is 0 Å². The van der Waals surface area contributed by atoms with Crippen LogP contribution in [0.5, 0.6) is 0 Å². The van der Waals surface area contributed by atoms with Crippen LogP contribution in [-0.2, 0) is 0 Å². The Morgan fingerprint density at radius 2 is 1.03 bits per heavy atom. The number of fused-ring (bicyclic) bond motifs is 4. The molecular formula is C61H53NSi. The van der Waals surface area contributed by atoms with E-state index in [0.717, 1.165) is 11.4 Å². The summed E-state index contributed by atoms with van der Waals surface area (Å²) in [6.45, 7) is 12.0. The van der Waals surface area contributed by atoms with Crippen LogP contribution in [0, 0.1) is 0 Å². The van der Waals surface area contributed by atoms with Crippen LogP contribution in [0.1, 0.15) is 47.9 Å². The van der Waals surface area contributed by atoms with Crippen molar-refractivity contribution >= 4 is 62.6 Å². The van der Waals surface area contributed by atoms with Crippen LogP contribution >= 0.6 is 0 Å². The lowest BCUT2D eigenvalue weighted by molar-refractivity contribution is 0.857. The molecule has 0 N–H and O–H groups in total. The van der Waals surface area contributed by atoms with E-state index in [1.165, 1.54) is 87.7 Å². The van der Waals surface area contributed by atoms with Crippen molar-refractivity contribution in [1.82, 2.24) is 0 Å². The maximum absolute atomic E-state index is 2.53. The Kier molecular flexibility index (Phi) is 10.6. The molecule has 0 amide bonds. The van der Waals surface area contributed by atoms with Crippen LogP contribution in [0.3, 0.4) is 0 Å².